The number of carbonyl (C=O) groups is 1. The van der Waals surface area contributed by atoms with Crippen molar-refractivity contribution in [3.05, 3.63) is 71.3 Å². The quantitative estimate of drug-likeness (QED) is 0.834. The largest absolute Gasteiger partial charge is 0.352 e. The lowest BCUT2D eigenvalue weighted by molar-refractivity contribution is -0.123. The predicted molar refractivity (Wildman–Crippen MR) is 115 cm³/mol. The van der Waals surface area contributed by atoms with Crippen LogP contribution < -0.4 is 5.32 Å². The lowest BCUT2D eigenvalue weighted by Crippen LogP contribution is -2.47. The molecule has 2 atom stereocenters. The third-order valence-electron chi connectivity index (χ3n) is 6.68. The van der Waals surface area contributed by atoms with Gasteiger partial charge in [-0.3, -0.25) is 9.69 Å². The van der Waals surface area contributed by atoms with Crippen LogP contribution in [0.3, 0.4) is 0 Å². The van der Waals surface area contributed by atoms with E-state index in [1.54, 1.807) is 0 Å². The van der Waals surface area contributed by atoms with Gasteiger partial charge in [-0.25, -0.2) is 0 Å². The summed E-state index contributed by atoms with van der Waals surface area (Å²) in [5.41, 5.74) is 4.34. The minimum absolute atomic E-state index is 0.195. The van der Waals surface area contributed by atoms with E-state index in [1.165, 1.54) is 16.7 Å². The molecule has 1 fully saturated rings. The van der Waals surface area contributed by atoms with E-state index in [2.05, 4.69) is 71.7 Å². The Morgan fingerprint density at radius 2 is 1.71 bits per heavy atom. The van der Waals surface area contributed by atoms with Crippen LogP contribution in [0.15, 0.2) is 54.6 Å². The highest BCUT2D eigenvalue weighted by Gasteiger charge is 2.30. The van der Waals surface area contributed by atoms with Crippen LogP contribution in [0.4, 0.5) is 0 Å². The number of piperidine rings is 1. The van der Waals surface area contributed by atoms with Crippen molar-refractivity contribution in [1.82, 2.24) is 10.2 Å². The zero-order valence-electron chi connectivity index (χ0n) is 16.9. The molecule has 1 N–H and O–H groups in total. The molecule has 1 aliphatic heterocycles. The van der Waals surface area contributed by atoms with Crippen LogP contribution in [0.25, 0.3) is 0 Å². The van der Waals surface area contributed by atoms with E-state index in [0.717, 1.165) is 45.2 Å². The molecule has 1 heterocycles. The summed E-state index contributed by atoms with van der Waals surface area (Å²) in [4.78, 5) is 15.1. The monoisotopic (exact) mass is 376 g/mol. The molecule has 2 aromatic carbocycles. The van der Waals surface area contributed by atoms with E-state index in [0.29, 0.717) is 18.4 Å². The fourth-order valence-electron chi connectivity index (χ4n) is 5.13. The maximum Gasteiger partial charge on any atom is 0.234 e. The van der Waals surface area contributed by atoms with Crippen LogP contribution in [0, 0.1) is 0 Å². The number of carbonyl (C=O) groups excluding carboxylic acids is 1. The van der Waals surface area contributed by atoms with Crippen molar-refractivity contribution in [2.45, 2.75) is 56.9 Å². The van der Waals surface area contributed by atoms with E-state index in [-0.39, 0.29) is 11.9 Å². The summed E-state index contributed by atoms with van der Waals surface area (Å²) in [5.74, 6) is 1.28. The zero-order chi connectivity index (χ0) is 19.3. The third-order valence-corrected chi connectivity index (χ3v) is 6.68. The van der Waals surface area contributed by atoms with Crippen molar-refractivity contribution in [2.75, 3.05) is 19.6 Å². The molecule has 1 saturated heterocycles. The lowest BCUT2D eigenvalue weighted by atomic mass is 9.78. The number of nitrogens with zero attached hydrogens (tertiary/aromatic N) is 1. The number of benzene rings is 2. The molecular weight excluding hydrogens is 344 g/mol. The highest BCUT2D eigenvalue weighted by Crippen LogP contribution is 2.34. The summed E-state index contributed by atoms with van der Waals surface area (Å²) >= 11 is 0. The number of amides is 1. The summed E-state index contributed by atoms with van der Waals surface area (Å²) in [5, 5.41) is 3.37. The number of hydrogen-bond donors (Lipinski definition) is 1. The Balaban J connectivity index is 1.29. The first-order valence-electron chi connectivity index (χ1n) is 10.9. The van der Waals surface area contributed by atoms with Crippen molar-refractivity contribution in [1.29, 1.82) is 0 Å². The number of hydrogen-bond acceptors (Lipinski definition) is 2. The molecule has 148 valence electrons. The van der Waals surface area contributed by atoms with Crippen molar-refractivity contribution in [2.24, 2.45) is 0 Å². The smallest absolute Gasteiger partial charge is 0.234 e. The second-order valence-corrected chi connectivity index (χ2v) is 8.39. The standard InChI is InChI=1S/C25H32N2O/c1-2-22-23-11-7-6-10-21(23)12-13-24(22)26-25(28)18-27-16-14-20(15-17-27)19-8-4-3-5-9-19/h3-11,20,22,24H,2,12-18H2,1H3,(H,26,28). The van der Waals surface area contributed by atoms with Gasteiger partial charge in [-0.05, 0) is 67.8 Å². The second kappa shape index (κ2) is 8.91. The summed E-state index contributed by atoms with van der Waals surface area (Å²) in [6.07, 6.45) is 5.49. The molecule has 1 amide bonds. The summed E-state index contributed by atoms with van der Waals surface area (Å²) in [6.45, 7) is 4.80. The maximum atomic E-state index is 12.8. The average Bonchev–Trinajstić information content (AvgIpc) is 2.74. The molecule has 3 heteroatoms. The first-order chi connectivity index (χ1) is 13.7. The topological polar surface area (TPSA) is 32.3 Å². The number of rotatable bonds is 5. The highest BCUT2D eigenvalue weighted by molar-refractivity contribution is 5.78. The van der Waals surface area contributed by atoms with Gasteiger partial charge in [0.15, 0.2) is 0 Å². The number of nitrogens with one attached hydrogen (secondary N) is 1. The van der Waals surface area contributed by atoms with Crippen LogP contribution >= 0.6 is 0 Å². The molecular formula is C25H32N2O. The van der Waals surface area contributed by atoms with Gasteiger partial charge in [0.25, 0.3) is 0 Å². The molecule has 2 aliphatic rings. The highest BCUT2D eigenvalue weighted by atomic mass is 16.2. The van der Waals surface area contributed by atoms with Crippen molar-refractivity contribution in [3.63, 3.8) is 0 Å². The molecule has 0 saturated carbocycles. The summed E-state index contributed by atoms with van der Waals surface area (Å²) in [7, 11) is 0. The second-order valence-electron chi connectivity index (χ2n) is 8.39. The minimum atomic E-state index is 0.195. The Morgan fingerprint density at radius 1 is 1.00 bits per heavy atom. The van der Waals surface area contributed by atoms with Gasteiger partial charge in [0.1, 0.15) is 0 Å². The molecule has 0 spiro atoms. The first-order valence-corrected chi connectivity index (χ1v) is 10.9. The number of aryl methyl sites for hydroxylation is 1. The molecule has 0 radical (unpaired) electrons. The van der Waals surface area contributed by atoms with Gasteiger partial charge in [0, 0.05) is 12.0 Å². The summed E-state index contributed by atoms with van der Waals surface area (Å²) in [6, 6.07) is 19.8. The molecule has 2 unspecified atom stereocenters. The van der Waals surface area contributed by atoms with Crippen molar-refractivity contribution >= 4 is 5.91 Å². The van der Waals surface area contributed by atoms with Gasteiger partial charge >= 0.3 is 0 Å². The minimum Gasteiger partial charge on any atom is -0.352 e. The Kier molecular flexibility index (Phi) is 6.11. The van der Waals surface area contributed by atoms with Gasteiger partial charge in [0.05, 0.1) is 6.54 Å². The lowest BCUT2D eigenvalue weighted by Gasteiger charge is -2.35. The maximum absolute atomic E-state index is 12.8. The van der Waals surface area contributed by atoms with Gasteiger partial charge in [-0.2, -0.15) is 0 Å². The molecule has 0 bridgehead atoms. The van der Waals surface area contributed by atoms with Crippen molar-refractivity contribution in [3.8, 4) is 0 Å². The van der Waals surface area contributed by atoms with Crippen LogP contribution in [0.2, 0.25) is 0 Å². The van der Waals surface area contributed by atoms with E-state index in [4.69, 9.17) is 0 Å². The van der Waals surface area contributed by atoms with Crippen molar-refractivity contribution < 1.29 is 4.79 Å². The van der Waals surface area contributed by atoms with Crippen LogP contribution in [-0.2, 0) is 11.2 Å². The van der Waals surface area contributed by atoms with E-state index in [1.807, 2.05) is 0 Å². The van der Waals surface area contributed by atoms with E-state index < -0.39 is 0 Å². The Morgan fingerprint density at radius 3 is 2.46 bits per heavy atom. The fraction of sp³-hybridized carbons (Fsp3) is 0.480. The van der Waals surface area contributed by atoms with Gasteiger partial charge in [-0.1, -0.05) is 61.5 Å². The molecule has 4 rings (SSSR count). The van der Waals surface area contributed by atoms with E-state index >= 15 is 0 Å². The Bertz CT molecular complexity index is 780. The van der Waals surface area contributed by atoms with Gasteiger partial charge in [-0.15, -0.1) is 0 Å². The number of fused-ring (bicyclic) bond motifs is 1. The average molecular weight is 377 g/mol. The van der Waals surface area contributed by atoms with Crippen LogP contribution in [0.5, 0.6) is 0 Å². The Hall–Kier alpha value is -2.13. The normalized spacial score (nSPS) is 23.2. The predicted octanol–water partition coefficient (Wildman–Crippen LogP) is 4.49. The van der Waals surface area contributed by atoms with Crippen LogP contribution in [-0.4, -0.2) is 36.5 Å². The number of likely N-dealkylation sites (tertiary alicyclic amines) is 1. The van der Waals surface area contributed by atoms with Crippen LogP contribution in [0.1, 0.15) is 61.1 Å². The molecule has 0 aromatic heterocycles. The van der Waals surface area contributed by atoms with E-state index in [9.17, 15) is 4.79 Å². The molecule has 1 aliphatic carbocycles. The fourth-order valence-corrected chi connectivity index (χ4v) is 5.13. The Labute approximate surface area is 169 Å². The molecule has 2 aromatic rings. The summed E-state index contributed by atoms with van der Waals surface area (Å²) < 4.78 is 0. The SMILES string of the molecule is CCC1c2ccccc2CCC1NC(=O)CN1CCC(c2ccccc2)CC1. The zero-order valence-corrected chi connectivity index (χ0v) is 16.9. The van der Waals surface area contributed by atoms with Gasteiger partial charge < -0.3 is 5.32 Å². The first kappa shape index (κ1) is 19.2. The third kappa shape index (κ3) is 4.30. The molecule has 28 heavy (non-hydrogen) atoms. The molecule has 3 nitrogen and oxygen atoms in total. The van der Waals surface area contributed by atoms with Gasteiger partial charge in [0.2, 0.25) is 5.91 Å².